The first-order valence-electron chi connectivity index (χ1n) is 9.39. The molecular weight excluding hydrogens is 276 g/mol. The molecule has 23 heavy (non-hydrogen) atoms. The first-order valence-corrected chi connectivity index (χ1v) is 9.39. The van der Waals surface area contributed by atoms with Crippen LogP contribution in [0.4, 0.5) is 0 Å². The van der Waals surface area contributed by atoms with Crippen molar-refractivity contribution in [1.82, 2.24) is 0 Å². The summed E-state index contributed by atoms with van der Waals surface area (Å²) in [5, 5.41) is 0. The Bertz CT molecular complexity index is 539. The molecule has 0 spiro atoms. The summed E-state index contributed by atoms with van der Waals surface area (Å²) in [7, 11) is 0. The smallest absolute Gasteiger partial charge is 0.0159 e. The lowest BCUT2D eigenvalue weighted by molar-refractivity contribution is 0.285. The zero-order valence-electron chi connectivity index (χ0n) is 15.0. The molecule has 0 radical (unpaired) electrons. The van der Waals surface area contributed by atoms with Crippen LogP contribution in [0, 0.1) is 11.8 Å². The molecule has 0 N–H and O–H groups in total. The molecule has 0 aromatic carbocycles. The van der Waals surface area contributed by atoms with E-state index in [1.165, 1.54) is 56.1 Å². The molecule has 124 valence electrons. The van der Waals surface area contributed by atoms with Crippen molar-refractivity contribution in [3.63, 3.8) is 0 Å². The van der Waals surface area contributed by atoms with Crippen molar-refractivity contribution < 1.29 is 0 Å². The normalized spacial score (nSPS) is 24.9. The van der Waals surface area contributed by atoms with Crippen LogP contribution < -0.4 is 0 Å². The Kier molecular flexibility index (Phi) is 7.43. The molecule has 2 aliphatic carbocycles. The van der Waals surface area contributed by atoms with E-state index in [0.717, 1.165) is 18.3 Å². The molecule has 0 amide bonds. The van der Waals surface area contributed by atoms with E-state index in [1.54, 1.807) is 5.57 Å². The number of allylic oxidation sites excluding steroid dienone is 8. The van der Waals surface area contributed by atoms with Crippen molar-refractivity contribution in [2.45, 2.75) is 65.2 Å². The first kappa shape index (κ1) is 17.8. The minimum absolute atomic E-state index is 0.739. The molecule has 0 bridgehead atoms. The maximum absolute atomic E-state index is 3.83. The van der Waals surface area contributed by atoms with Gasteiger partial charge in [-0.3, -0.25) is 0 Å². The highest BCUT2D eigenvalue weighted by molar-refractivity contribution is 5.50. The van der Waals surface area contributed by atoms with Gasteiger partial charge in [0.05, 0.1) is 0 Å². The van der Waals surface area contributed by atoms with Crippen LogP contribution in [-0.2, 0) is 0 Å². The summed E-state index contributed by atoms with van der Waals surface area (Å²) in [5.41, 5.74) is 7.71. The van der Waals surface area contributed by atoms with E-state index in [4.69, 9.17) is 0 Å². The van der Waals surface area contributed by atoms with Crippen LogP contribution >= 0.6 is 0 Å². The highest BCUT2D eigenvalue weighted by atomic mass is 14.3. The van der Waals surface area contributed by atoms with E-state index in [9.17, 15) is 0 Å². The van der Waals surface area contributed by atoms with Gasteiger partial charge in [0.1, 0.15) is 0 Å². The molecule has 0 aromatic rings. The fourth-order valence-electron chi connectivity index (χ4n) is 4.03. The molecule has 0 saturated heterocycles. The zero-order valence-corrected chi connectivity index (χ0v) is 15.0. The zero-order chi connectivity index (χ0) is 16.5. The van der Waals surface area contributed by atoms with E-state index in [0.29, 0.717) is 0 Å². The van der Waals surface area contributed by atoms with Gasteiger partial charge in [-0.05, 0) is 92.6 Å². The highest BCUT2D eigenvalue weighted by Crippen LogP contribution is 2.39. The Balaban J connectivity index is 2.02. The van der Waals surface area contributed by atoms with Crippen LogP contribution in [0.2, 0.25) is 0 Å². The molecule has 0 atom stereocenters. The van der Waals surface area contributed by atoms with Gasteiger partial charge in [0.15, 0.2) is 0 Å². The highest BCUT2D eigenvalue weighted by Gasteiger charge is 2.25. The quantitative estimate of drug-likeness (QED) is 0.268. The van der Waals surface area contributed by atoms with Gasteiger partial charge in [0.2, 0.25) is 0 Å². The molecule has 2 rings (SSSR count). The molecular formula is C23H32. The third-order valence-electron chi connectivity index (χ3n) is 5.37. The number of hydrogen-bond donors (Lipinski definition) is 0. The molecule has 0 aromatic heterocycles. The van der Waals surface area contributed by atoms with Crippen molar-refractivity contribution in [3.8, 4) is 0 Å². The maximum Gasteiger partial charge on any atom is -0.0159 e. The van der Waals surface area contributed by atoms with Gasteiger partial charge >= 0.3 is 0 Å². The number of rotatable bonds is 7. The second-order valence-electron chi connectivity index (χ2n) is 6.81. The molecule has 0 aliphatic heterocycles. The lowest BCUT2D eigenvalue weighted by Crippen LogP contribution is -2.17. The molecule has 0 heterocycles. The van der Waals surface area contributed by atoms with Crippen LogP contribution in [0.1, 0.15) is 65.2 Å². The molecule has 1 fully saturated rings. The Morgan fingerprint density at radius 1 is 1.30 bits per heavy atom. The van der Waals surface area contributed by atoms with Gasteiger partial charge in [-0.2, -0.15) is 0 Å². The van der Waals surface area contributed by atoms with E-state index >= 15 is 0 Å². The average Bonchev–Trinajstić information content (AvgIpc) is 2.83. The van der Waals surface area contributed by atoms with Crippen LogP contribution in [0.3, 0.4) is 0 Å². The van der Waals surface area contributed by atoms with E-state index < -0.39 is 0 Å². The van der Waals surface area contributed by atoms with Gasteiger partial charge in [0, 0.05) is 0 Å². The number of unbranched alkanes of at least 4 members (excludes halogenated alkanes) is 1. The summed E-state index contributed by atoms with van der Waals surface area (Å²) in [4.78, 5) is 0. The molecule has 0 heteroatoms. The van der Waals surface area contributed by atoms with E-state index in [2.05, 4.69) is 56.5 Å². The lowest BCUT2D eigenvalue weighted by Gasteiger charge is -2.31. The van der Waals surface area contributed by atoms with Crippen molar-refractivity contribution >= 4 is 0 Å². The van der Waals surface area contributed by atoms with Gasteiger partial charge in [-0.1, -0.05) is 37.6 Å². The van der Waals surface area contributed by atoms with E-state index in [-0.39, 0.29) is 0 Å². The first-order chi connectivity index (χ1) is 11.3. The van der Waals surface area contributed by atoms with Crippen molar-refractivity contribution in [2.24, 2.45) is 11.8 Å². The van der Waals surface area contributed by atoms with Crippen LogP contribution in [0.15, 0.2) is 65.5 Å². The summed E-state index contributed by atoms with van der Waals surface area (Å²) in [6, 6.07) is 0. The molecule has 0 unspecified atom stereocenters. The van der Waals surface area contributed by atoms with Gasteiger partial charge in [-0.25, -0.2) is 0 Å². The van der Waals surface area contributed by atoms with Crippen molar-refractivity contribution in [1.29, 1.82) is 0 Å². The summed E-state index contributed by atoms with van der Waals surface area (Å²) < 4.78 is 0. The van der Waals surface area contributed by atoms with Gasteiger partial charge < -0.3 is 0 Å². The SMILES string of the molecule is C=CCCCC1CCC(/C(=C/C)C2=C(CC)C=C=CC=C2)CC1. The third kappa shape index (κ3) is 4.98. The minimum atomic E-state index is 0.739. The summed E-state index contributed by atoms with van der Waals surface area (Å²) >= 11 is 0. The Morgan fingerprint density at radius 2 is 2.09 bits per heavy atom. The Hall–Kier alpha value is -1.52. The van der Waals surface area contributed by atoms with Crippen LogP contribution in [0.5, 0.6) is 0 Å². The molecule has 1 saturated carbocycles. The standard InChI is InChI=1S/C23H32/c1-4-7-9-12-19-15-17-21(18-16-19)22(6-3)23-14-11-8-10-13-20(23)5-2/h4,6,8,11,13-14,19,21H,1,5,7,9,12,15-18H2,2-3H3/b22-6-. The largest absolute Gasteiger partial charge is 0.121 e. The predicted molar refractivity (Wildman–Crippen MR) is 102 cm³/mol. The monoisotopic (exact) mass is 308 g/mol. The van der Waals surface area contributed by atoms with Crippen LogP contribution in [0.25, 0.3) is 0 Å². The average molecular weight is 309 g/mol. The third-order valence-corrected chi connectivity index (χ3v) is 5.37. The van der Waals surface area contributed by atoms with Gasteiger partial charge in [0.25, 0.3) is 0 Å². The fraction of sp³-hybridized carbons (Fsp3) is 0.522. The molecule has 0 nitrogen and oxygen atoms in total. The second-order valence-corrected chi connectivity index (χ2v) is 6.81. The Labute approximate surface area is 143 Å². The summed E-state index contributed by atoms with van der Waals surface area (Å²) in [6.45, 7) is 8.29. The predicted octanol–water partition coefficient (Wildman–Crippen LogP) is 7.08. The minimum Gasteiger partial charge on any atom is -0.121 e. The van der Waals surface area contributed by atoms with Crippen molar-refractivity contribution in [2.75, 3.05) is 0 Å². The lowest BCUT2D eigenvalue weighted by atomic mass is 9.74. The van der Waals surface area contributed by atoms with Gasteiger partial charge in [-0.15, -0.1) is 12.3 Å². The topological polar surface area (TPSA) is 0 Å². The molecule has 2 aliphatic rings. The number of hydrogen-bond acceptors (Lipinski definition) is 0. The summed E-state index contributed by atoms with van der Waals surface area (Å²) in [5.74, 6) is 1.68. The van der Waals surface area contributed by atoms with Crippen LogP contribution in [-0.4, -0.2) is 0 Å². The van der Waals surface area contributed by atoms with Crippen molar-refractivity contribution in [3.05, 3.63) is 65.5 Å². The second kappa shape index (κ2) is 9.58. The fourth-order valence-corrected chi connectivity index (χ4v) is 4.03. The maximum atomic E-state index is 3.83. The summed E-state index contributed by atoms with van der Waals surface area (Å²) in [6.07, 6.45) is 23.5. The Morgan fingerprint density at radius 3 is 2.74 bits per heavy atom. The van der Waals surface area contributed by atoms with E-state index in [1.807, 2.05) is 6.08 Å².